The van der Waals surface area contributed by atoms with Crippen molar-refractivity contribution in [3.8, 4) is 0 Å². The highest BCUT2D eigenvalue weighted by Gasteiger charge is 2.08. The van der Waals surface area contributed by atoms with Gasteiger partial charge in [-0.25, -0.2) is 0 Å². The van der Waals surface area contributed by atoms with E-state index < -0.39 is 0 Å². The third-order valence-corrected chi connectivity index (χ3v) is 2.53. The van der Waals surface area contributed by atoms with E-state index in [-0.39, 0.29) is 0 Å². The van der Waals surface area contributed by atoms with E-state index in [1.165, 1.54) is 18.6 Å². The number of hydrogen-bond acceptors (Lipinski definition) is 3. The SMILES string of the molecule is C=CC.C=CCC(CCC)/C(C)=N/NC.CC.CC.CC(C)CC=O. The van der Waals surface area contributed by atoms with Crippen molar-refractivity contribution in [3.63, 3.8) is 0 Å². The maximum atomic E-state index is 9.62. The van der Waals surface area contributed by atoms with E-state index in [1.807, 2.05) is 61.6 Å². The Hall–Kier alpha value is -1.38. The fraction of sp³-hybridized carbons (Fsp3) is 0.727. The highest BCUT2D eigenvalue weighted by molar-refractivity contribution is 5.84. The lowest BCUT2D eigenvalue weighted by Crippen LogP contribution is -2.13. The lowest BCUT2D eigenvalue weighted by atomic mass is 9.95. The van der Waals surface area contributed by atoms with Gasteiger partial charge in [0.1, 0.15) is 6.29 Å². The Morgan fingerprint density at radius 1 is 1.12 bits per heavy atom. The summed E-state index contributed by atoms with van der Waals surface area (Å²) < 4.78 is 0. The van der Waals surface area contributed by atoms with Gasteiger partial charge in [0.15, 0.2) is 0 Å². The van der Waals surface area contributed by atoms with Gasteiger partial charge in [-0.05, 0) is 32.6 Å². The van der Waals surface area contributed by atoms with Crippen LogP contribution in [0.15, 0.2) is 30.4 Å². The van der Waals surface area contributed by atoms with E-state index in [0.29, 0.717) is 18.3 Å². The summed E-state index contributed by atoms with van der Waals surface area (Å²) in [5.74, 6) is 1.10. The van der Waals surface area contributed by atoms with Gasteiger partial charge in [-0.3, -0.25) is 0 Å². The van der Waals surface area contributed by atoms with Crippen LogP contribution >= 0.6 is 0 Å². The van der Waals surface area contributed by atoms with Crippen LogP contribution in [0, 0.1) is 11.8 Å². The van der Waals surface area contributed by atoms with Crippen LogP contribution in [0.4, 0.5) is 0 Å². The van der Waals surface area contributed by atoms with Crippen LogP contribution in [0.3, 0.4) is 0 Å². The van der Waals surface area contributed by atoms with Gasteiger partial charge in [-0.1, -0.05) is 67.0 Å². The molecule has 0 aromatic carbocycles. The zero-order valence-electron chi connectivity index (χ0n) is 19.0. The van der Waals surface area contributed by atoms with Gasteiger partial charge >= 0.3 is 0 Å². The minimum Gasteiger partial charge on any atom is -0.313 e. The van der Waals surface area contributed by atoms with E-state index in [0.717, 1.165) is 12.7 Å². The lowest BCUT2D eigenvalue weighted by Gasteiger charge is -2.12. The highest BCUT2D eigenvalue weighted by Crippen LogP contribution is 2.13. The van der Waals surface area contributed by atoms with Crippen LogP contribution < -0.4 is 5.43 Å². The Kier molecular flexibility index (Phi) is 53.4. The first-order valence-electron chi connectivity index (χ1n) is 9.77. The summed E-state index contributed by atoms with van der Waals surface area (Å²) in [5.41, 5.74) is 4.00. The van der Waals surface area contributed by atoms with E-state index in [9.17, 15) is 4.79 Å². The summed E-state index contributed by atoms with van der Waals surface area (Å²) in [7, 11) is 1.83. The first-order chi connectivity index (χ1) is 11.9. The van der Waals surface area contributed by atoms with Crippen LogP contribution in [0.1, 0.15) is 88.0 Å². The molecule has 0 spiro atoms. The van der Waals surface area contributed by atoms with Crippen LogP contribution in [0.5, 0.6) is 0 Å². The molecule has 0 aromatic rings. The summed E-state index contributed by atoms with van der Waals surface area (Å²) in [6, 6.07) is 0. The molecule has 1 atom stereocenters. The van der Waals surface area contributed by atoms with Crippen LogP contribution in [0.25, 0.3) is 0 Å². The maximum Gasteiger partial charge on any atom is 0.120 e. The molecule has 0 aliphatic rings. The second-order valence-corrected chi connectivity index (χ2v) is 5.19. The van der Waals surface area contributed by atoms with Gasteiger partial charge in [0.05, 0.1) is 0 Å². The standard InChI is InChI=1S/C10H20N2.C5H10O.C3H6.2C2H6/c1-5-7-10(8-6-2)9(3)12-11-4;1-5(2)3-4-6;1-3-2;2*1-2/h5,10-11H,1,6-8H2,2-4H3;4-5H,3H2,1-2H3;3H,1H2,2H3;2*1-2H3/b12-9+;;;;. The summed E-state index contributed by atoms with van der Waals surface area (Å²) in [5, 5.41) is 4.18. The van der Waals surface area contributed by atoms with Crippen LogP contribution in [-0.4, -0.2) is 19.0 Å². The summed E-state index contributed by atoms with van der Waals surface area (Å²) >= 11 is 0. The molecule has 0 rings (SSSR count). The molecule has 0 aromatic heterocycles. The fourth-order valence-electron chi connectivity index (χ4n) is 1.51. The van der Waals surface area contributed by atoms with Crippen molar-refractivity contribution in [2.24, 2.45) is 16.9 Å². The molecule has 1 N–H and O–H groups in total. The van der Waals surface area contributed by atoms with Gasteiger partial charge in [0.2, 0.25) is 0 Å². The number of hydrazone groups is 1. The normalized spacial score (nSPS) is 9.96. The number of aldehydes is 1. The van der Waals surface area contributed by atoms with Crippen LogP contribution in [-0.2, 0) is 4.79 Å². The summed E-state index contributed by atoms with van der Waals surface area (Å²) in [6.45, 7) is 25.3. The van der Waals surface area contributed by atoms with Gasteiger partial charge in [0.25, 0.3) is 0 Å². The largest absolute Gasteiger partial charge is 0.313 e. The predicted molar refractivity (Wildman–Crippen MR) is 119 cm³/mol. The molecule has 3 nitrogen and oxygen atoms in total. The molecule has 25 heavy (non-hydrogen) atoms. The molecule has 0 bridgehead atoms. The second-order valence-electron chi connectivity index (χ2n) is 5.19. The minimum atomic E-state index is 0.530. The molecular weight excluding hydrogens is 308 g/mol. The van der Waals surface area contributed by atoms with E-state index in [2.05, 4.69) is 37.5 Å². The quantitative estimate of drug-likeness (QED) is 0.219. The highest BCUT2D eigenvalue weighted by atomic mass is 16.1. The van der Waals surface area contributed by atoms with Crippen molar-refractivity contribution in [2.75, 3.05) is 7.05 Å². The molecule has 0 saturated heterocycles. The van der Waals surface area contributed by atoms with E-state index >= 15 is 0 Å². The number of carbonyl (C=O) groups excluding carboxylic acids is 1. The van der Waals surface area contributed by atoms with Gasteiger partial charge in [-0.15, -0.1) is 13.2 Å². The third-order valence-electron chi connectivity index (χ3n) is 2.53. The minimum absolute atomic E-state index is 0.530. The molecule has 152 valence electrons. The first-order valence-corrected chi connectivity index (χ1v) is 9.77. The first kappa shape index (κ1) is 34.9. The van der Waals surface area contributed by atoms with E-state index in [4.69, 9.17) is 0 Å². The predicted octanol–water partition coefficient (Wildman–Crippen LogP) is 7.05. The molecular formula is C22H48N2O. The molecule has 0 fully saturated rings. The molecule has 0 amide bonds. The maximum absolute atomic E-state index is 9.62. The molecule has 3 heteroatoms. The zero-order valence-corrected chi connectivity index (χ0v) is 19.0. The number of carbonyl (C=O) groups is 1. The molecule has 0 aliphatic carbocycles. The Morgan fingerprint density at radius 2 is 1.56 bits per heavy atom. The number of allylic oxidation sites excluding steroid dienone is 2. The topological polar surface area (TPSA) is 41.5 Å². The van der Waals surface area contributed by atoms with Crippen molar-refractivity contribution in [1.29, 1.82) is 0 Å². The van der Waals surface area contributed by atoms with Crippen molar-refractivity contribution < 1.29 is 4.79 Å². The number of nitrogens with one attached hydrogen (secondary N) is 1. The smallest absolute Gasteiger partial charge is 0.120 e. The fourth-order valence-corrected chi connectivity index (χ4v) is 1.51. The zero-order chi connectivity index (χ0) is 21.1. The van der Waals surface area contributed by atoms with Crippen LogP contribution in [0.2, 0.25) is 0 Å². The average Bonchev–Trinajstić information content (AvgIpc) is 2.59. The Bertz CT molecular complexity index is 271. The summed E-state index contributed by atoms with van der Waals surface area (Å²) in [4.78, 5) is 9.62. The Labute approximate surface area is 160 Å². The molecule has 0 heterocycles. The van der Waals surface area contributed by atoms with Gasteiger partial charge in [0, 0.05) is 25.1 Å². The summed E-state index contributed by atoms with van der Waals surface area (Å²) in [6.07, 6.45) is 8.79. The molecule has 0 radical (unpaired) electrons. The van der Waals surface area contributed by atoms with Crippen molar-refractivity contribution in [1.82, 2.24) is 5.43 Å². The molecule has 1 unspecified atom stereocenters. The van der Waals surface area contributed by atoms with Gasteiger partial charge < -0.3 is 10.2 Å². The molecule has 0 aliphatic heterocycles. The lowest BCUT2D eigenvalue weighted by molar-refractivity contribution is -0.108. The van der Waals surface area contributed by atoms with Gasteiger partial charge in [-0.2, -0.15) is 5.10 Å². The number of rotatable bonds is 8. The van der Waals surface area contributed by atoms with E-state index in [1.54, 1.807) is 6.08 Å². The Balaban J connectivity index is -0.0000000858. The second kappa shape index (κ2) is 38.3. The monoisotopic (exact) mass is 356 g/mol. The third kappa shape index (κ3) is 45.0. The number of nitrogens with zero attached hydrogens (tertiary/aromatic N) is 1. The van der Waals surface area contributed by atoms with Crippen molar-refractivity contribution in [3.05, 3.63) is 25.3 Å². The average molecular weight is 357 g/mol. The molecule has 0 saturated carbocycles. The van der Waals surface area contributed by atoms with Crippen molar-refractivity contribution in [2.45, 2.75) is 88.0 Å². The number of hydrogen-bond donors (Lipinski definition) is 1. The van der Waals surface area contributed by atoms with Crippen molar-refractivity contribution >= 4 is 12.0 Å². The Morgan fingerprint density at radius 3 is 1.76 bits per heavy atom.